The molecule has 1 fully saturated rings. The van der Waals surface area contributed by atoms with Crippen molar-refractivity contribution in [3.05, 3.63) is 28.8 Å². The van der Waals surface area contributed by atoms with Crippen LogP contribution in [0.2, 0.25) is 5.02 Å². The van der Waals surface area contributed by atoms with Gasteiger partial charge in [-0.1, -0.05) is 23.4 Å². The zero-order valence-corrected chi connectivity index (χ0v) is 12.8. The number of ether oxygens (including phenoxy) is 1. The number of rotatable bonds is 2. The molecule has 21 heavy (non-hydrogen) atoms. The molecule has 0 spiro atoms. The van der Waals surface area contributed by atoms with Crippen molar-refractivity contribution in [1.82, 2.24) is 4.90 Å². The summed E-state index contributed by atoms with van der Waals surface area (Å²) in [5.74, 6) is 6.68. The van der Waals surface area contributed by atoms with Crippen LogP contribution in [0.15, 0.2) is 18.2 Å². The highest BCUT2D eigenvalue weighted by Gasteiger charge is 2.53. The normalized spacial score (nSPS) is 24.0. The molecule has 110 valence electrons. The summed E-state index contributed by atoms with van der Waals surface area (Å²) >= 11 is 6.17. The maximum absolute atomic E-state index is 12.3. The monoisotopic (exact) mass is 304 g/mol. The van der Waals surface area contributed by atoms with Crippen molar-refractivity contribution in [2.75, 3.05) is 26.1 Å². The lowest BCUT2D eigenvalue weighted by Crippen LogP contribution is -2.53. The summed E-state index contributed by atoms with van der Waals surface area (Å²) < 4.78 is 5.03. The number of anilines is 1. The molecule has 1 heterocycles. The lowest BCUT2D eigenvalue weighted by molar-refractivity contribution is 0.160. The number of fused-ring (bicyclic) bond motifs is 1. The summed E-state index contributed by atoms with van der Waals surface area (Å²) in [6.07, 6.45) is 2.12. The van der Waals surface area contributed by atoms with Gasteiger partial charge >= 0.3 is 6.03 Å². The summed E-state index contributed by atoms with van der Waals surface area (Å²) in [5.41, 5.74) is 1.16. The number of hydrogen-bond donors (Lipinski definition) is 1. The number of halogens is 1. The van der Waals surface area contributed by atoms with Gasteiger partial charge in [-0.15, -0.1) is 0 Å². The molecule has 0 aromatic heterocycles. The van der Waals surface area contributed by atoms with Crippen LogP contribution in [0.3, 0.4) is 0 Å². The van der Waals surface area contributed by atoms with E-state index in [1.807, 2.05) is 12.1 Å². The molecule has 1 aromatic rings. The topological polar surface area (TPSA) is 41.6 Å². The van der Waals surface area contributed by atoms with Gasteiger partial charge < -0.3 is 15.0 Å². The molecule has 1 N–H and O–H groups in total. The number of benzene rings is 1. The molecule has 1 aromatic carbocycles. The van der Waals surface area contributed by atoms with Crippen LogP contribution in [-0.2, 0) is 10.3 Å². The van der Waals surface area contributed by atoms with Crippen molar-refractivity contribution in [2.24, 2.45) is 5.92 Å². The van der Waals surface area contributed by atoms with Crippen molar-refractivity contribution >= 4 is 23.3 Å². The van der Waals surface area contributed by atoms with E-state index in [-0.39, 0.29) is 6.03 Å². The molecule has 0 saturated heterocycles. The molecule has 0 radical (unpaired) electrons. The molecule has 2 amide bonds. The molecule has 1 aliphatic carbocycles. The van der Waals surface area contributed by atoms with E-state index < -0.39 is 5.54 Å². The molecular weight excluding hydrogens is 288 g/mol. The van der Waals surface area contributed by atoms with E-state index in [4.69, 9.17) is 16.3 Å². The minimum atomic E-state index is -0.610. The van der Waals surface area contributed by atoms with Gasteiger partial charge in [-0.05, 0) is 37.0 Å². The van der Waals surface area contributed by atoms with Crippen LogP contribution >= 0.6 is 11.6 Å². The Morgan fingerprint density at radius 1 is 1.52 bits per heavy atom. The molecule has 1 saturated carbocycles. The molecule has 0 bridgehead atoms. The fourth-order valence-electron chi connectivity index (χ4n) is 2.97. The molecule has 2 aliphatic rings. The molecule has 3 rings (SSSR count). The van der Waals surface area contributed by atoms with Gasteiger partial charge in [0.1, 0.15) is 12.1 Å². The van der Waals surface area contributed by atoms with Gasteiger partial charge in [0, 0.05) is 30.4 Å². The summed E-state index contributed by atoms with van der Waals surface area (Å²) in [4.78, 5) is 14.0. The third kappa shape index (κ3) is 2.27. The van der Waals surface area contributed by atoms with E-state index in [1.54, 1.807) is 25.1 Å². The van der Waals surface area contributed by atoms with Gasteiger partial charge in [0.05, 0.1) is 0 Å². The van der Waals surface area contributed by atoms with Crippen molar-refractivity contribution < 1.29 is 9.53 Å². The average Bonchev–Trinajstić information content (AvgIpc) is 3.29. The quantitative estimate of drug-likeness (QED) is 0.853. The molecule has 5 heteroatoms. The fraction of sp³-hybridized carbons (Fsp3) is 0.438. The van der Waals surface area contributed by atoms with Crippen molar-refractivity contribution in [3.63, 3.8) is 0 Å². The summed E-state index contributed by atoms with van der Waals surface area (Å²) in [6, 6.07) is 5.40. The Bertz CT molecular complexity index is 645. The minimum Gasteiger partial charge on any atom is -0.372 e. The van der Waals surface area contributed by atoms with Gasteiger partial charge in [0.25, 0.3) is 0 Å². The highest BCUT2D eigenvalue weighted by molar-refractivity contribution is 6.30. The fourth-order valence-corrected chi connectivity index (χ4v) is 3.14. The second-order valence-electron chi connectivity index (χ2n) is 5.45. The maximum atomic E-state index is 12.3. The number of hydrogen-bond acceptors (Lipinski definition) is 2. The number of carbonyl (C=O) groups is 1. The molecule has 1 atom stereocenters. The first-order valence-electron chi connectivity index (χ1n) is 6.93. The molecule has 1 unspecified atom stereocenters. The first-order chi connectivity index (χ1) is 10.1. The van der Waals surface area contributed by atoms with E-state index in [1.165, 1.54) is 0 Å². The minimum absolute atomic E-state index is 0.136. The summed E-state index contributed by atoms with van der Waals surface area (Å²) in [5, 5.41) is 3.54. The number of nitrogens with one attached hydrogen (secondary N) is 1. The number of nitrogens with zero attached hydrogens (tertiary/aromatic N) is 1. The van der Waals surface area contributed by atoms with Crippen molar-refractivity contribution in [1.29, 1.82) is 0 Å². The first-order valence-corrected chi connectivity index (χ1v) is 7.31. The van der Waals surface area contributed by atoms with Crippen LogP contribution < -0.4 is 5.32 Å². The third-order valence-electron chi connectivity index (χ3n) is 4.13. The smallest absolute Gasteiger partial charge is 0.323 e. The largest absolute Gasteiger partial charge is 0.372 e. The Hall–Kier alpha value is -1.70. The van der Waals surface area contributed by atoms with Gasteiger partial charge in [0.2, 0.25) is 0 Å². The van der Waals surface area contributed by atoms with Crippen LogP contribution in [0.5, 0.6) is 0 Å². The second kappa shape index (κ2) is 5.25. The second-order valence-corrected chi connectivity index (χ2v) is 5.89. The van der Waals surface area contributed by atoms with E-state index in [0.29, 0.717) is 17.5 Å². The van der Waals surface area contributed by atoms with Crippen molar-refractivity contribution in [3.8, 4) is 11.8 Å². The highest BCUT2D eigenvalue weighted by atomic mass is 35.5. The van der Waals surface area contributed by atoms with E-state index >= 15 is 0 Å². The van der Waals surface area contributed by atoms with Gasteiger partial charge in [-0.25, -0.2) is 4.79 Å². The highest BCUT2D eigenvalue weighted by Crippen LogP contribution is 2.52. The van der Waals surface area contributed by atoms with Crippen LogP contribution in [0.4, 0.5) is 10.5 Å². The summed E-state index contributed by atoms with van der Waals surface area (Å²) in [6.45, 7) is 0.347. The van der Waals surface area contributed by atoms with Crippen LogP contribution in [0.25, 0.3) is 0 Å². The SMILES string of the molecule is COCC#CC1(C2CC2)c2cc(Cl)ccc2NC(=O)N1C. The summed E-state index contributed by atoms with van der Waals surface area (Å²) in [7, 11) is 3.40. The van der Waals surface area contributed by atoms with Crippen molar-refractivity contribution in [2.45, 2.75) is 18.4 Å². The number of urea groups is 1. The third-order valence-corrected chi connectivity index (χ3v) is 4.37. The Morgan fingerprint density at radius 2 is 2.29 bits per heavy atom. The lowest BCUT2D eigenvalue weighted by Gasteiger charge is -2.43. The Balaban J connectivity index is 2.19. The number of methoxy groups -OCH3 is 1. The number of amides is 2. The van der Waals surface area contributed by atoms with E-state index in [2.05, 4.69) is 17.2 Å². The lowest BCUT2D eigenvalue weighted by atomic mass is 9.81. The predicted octanol–water partition coefficient (Wildman–Crippen LogP) is 3.07. The van der Waals surface area contributed by atoms with E-state index in [9.17, 15) is 4.79 Å². The van der Waals surface area contributed by atoms with Gasteiger partial charge in [-0.3, -0.25) is 0 Å². The standard InChI is InChI=1S/C16H17ClN2O2/c1-19-15(20)18-14-7-6-12(17)10-13(14)16(19,11-4-5-11)8-3-9-21-2/h6-7,10-11H,4-5,9H2,1-2H3,(H,18,20). The van der Waals surface area contributed by atoms with Crippen LogP contribution in [0, 0.1) is 17.8 Å². The Kier molecular flexibility index (Phi) is 3.56. The molecule has 4 nitrogen and oxygen atoms in total. The van der Waals surface area contributed by atoms with Gasteiger partial charge in [-0.2, -0.15) is 0 Å². The zero-order valence-electron chi connectivity index (χ0n) is 12.1. The molecule has 1 aliphatic heterocycles. The van der Waals surface area contributed by atoms with Crippen LogP contribution in [-0.4, -0.2) is 31.7 Å². The van der Waals surface area contributed by atoms with E-state index in [0.717, 1.165) is 24.1 Å². The first kappa shape index (κ1) is 14.2. The Labute approximate surface area is 129 Å². The predicted molar refractivity (Wildman–Crippen MR) is 82.3 cm³/mol. The van der Waals surface area contributed by atoms with Crippen LogP contribution in [0.1, 0.15) is 18.4 Å². The number of carbonyl (C=O) groups excluding carboxylic acids is 1. The molecular formula is C16H17ClN2O2. The zero-order chi connectivity index (χ0) is 15.0. The Morgan fingerprint density at radius 3 is 2.95 bits per heavy atom. The van der Waals surface area contributed by atoms with Gasteiger partial charge in [0.15, 0.2) is 0 Å². The average molecular weight is 305 g/mol. The maximum Gasteiger partial charge on any atom is 0.323 e.